The summed E-state index contributed by atoms with van der Waals surface area (Å²) in [4.78, 5) is 0.237. The van der Waals surface area contributed by atoms with Gasteiger partial charge in [0.05, 0.1) is 5.71 Å². The maximum Gasteiger partial charge on any atom is 0.258 e. The van der Waals surface area contributed by atoms with Gasteiger partial charge in [-0.2, -0.15) is 0 Å². The zero-order chi connectivity index (χ0) is 15.7. The maximum atomic E-state index is 11.5. The van der Waals surface area contributed by atoms with Crippen molar-refractivity contribution in [2.75, 3.05) is 0 Å². The van der Waals surface area contributed by atoms with Crippen LogP contribution >= 0.6 is 0 Å². The largest absolute Gasteiger partial charge is 0.411 e. The summed E-state index contributed by atoms with van der Waals surface area (Å²) in [6, 6.07) is 8.86. The molecule has 0 spiro atoms. The highest BCUT2D eigenvalue weighted by atomic mass is 16.8. The summed E-state index contributed by atoms with van der Waals surface area (Å²) in [5.74, 6) is 0. The third-order valence-corrected chi connectivity index (χ3v) is 3.84. The molecule has 22 heavy (non-hydrogen) atoms. The molecule has 1 aliphatic carbocycles. The van der Waals surface area contributed by atoms with E-state index in [2.05, 4.69) is 14.9 Å². The summed E-state index contributed by atoms with van der Waals surface area (Å²) >= 11 is 0. The minimum Gasteiger partial charge on any atom is -0.411 e. The Hall–Kier alpha value is -2.74. The Balaban J connectivity index is 2.00. The standard InChI is InChI=1S/C14H14N4O4/c15-10(9-4-2-1-3-5-9)8-14(19)12(16-20)7-6-11-13(14)17-22-18(11)21/h1-5,15,19-20H,6-8H2/b15-10?,16-12-. The van der Waals surface area contributed by atoms with Crippen molar-refractivity contribution >= 4 is 11.4 Å². The molecule has 0 saturated heterocycles. The monoisotopic (exact) mass is 302 g/mol. The van der Waals surface area contributed by atoms with Gasteiger partial charge in [0.2, 0.25) is 5.69 Å². The van der Waals surface area contributed by atoms with Crippen molar-refractivity contribution in [3.05, 3.63) is 52.5 Å². The summed E-state index contributed by atoms with van der Waals surface area (Å²) in [5, 5.41) is 46.5. The van der Waals surface area contributed by atoms with E-state index >= 15 is 0 Å². The van der Waals surface area contributed by atoms with Crippen LogP contribution in [0.3, 0.4) is 0 Å². The van der Waals surface area contributed by atoms with Crippen molar-refractivity contribution in [3.63, 3.8) is 0 Å². The van der Waals surface area contributed by atoms with Gasteiger partial charge >= 0.3 is 0 Å². The SMILES string of the molecule is N=C(CC1(O)/C(=N\O)CCc2c1no[n+]2[O-])c1ccccc1. The first kappa shape index (κ1) is 14.2. The van der Waals surface area contributed by atoms with E-state index < -0.39 is 5.60 Å². The van der Waals surface area contributed by atoms with Crippen LogP contribution in [0.4, 0.5) is 0 Å². The second kappa shape index (κ2) is 5.23. The predicted molar refractivity (Wildman–Crippen MR) is 74.8 cm³/mol. The first-order chi connectivity index (χ1) is 10.6. The highest BCUT2D eigenvalue weighted by Gasteiger charge is 2.49. The molecule has 8 nitrogen and oxygen atoms in total. The number of hydrogen-bond donors (Lipinski definition) is 3. The van der Waals surface area contributed by atoms with Gasteiger partial charge in [0, 0.05) is 30.1 Å². The van der Waals surface area contributed by atoms with Crippen LogP contribution in [-0.4, -0.2) is 26.9 Å². The van der Waals surface area contributed by atoms with Crippen molar-refractivity contribution in [3.8, 4) is 0 Å². The summed E-state index contributed by atoms with van der Waals surface area (Å²) < 4.78 is 4.54. The molecular formula is C14H14N4O4. The Bertz CT molecular complexity index is 741. The molecule has 0 aliphatic heterocycles. The molecule has 3 rings (SSSR count). The molecule has 8 heteroatoms. The number of nitrogens with zero attached hydrogens (tertiary/aromatic N) is 3. The molecule has 1 atom stereocenters. The predicted octanol–water partition coefficient (Wildman–Crippen LogP) is 0.730. The van der Waals surface area contributed by atoms with Gasteiger partial charge in [0.15, 0.2) is 5.60 Å². The van der Waals surface area contributed by atoms with Crippen molar-refractivity contribution in [2.24, 2.45) is 5.16 Å². The van der Waals surface area contributed by atoms with Crippen LogP contribution in [0.5, 0.6) is 0 Å². The second-order valence-electron chi connectivity index (χ2n) is 5.15. The molecule has 2 aromatic rings. The molecule has 1 aromatic carbocycles. The lowest BCUT2D eigenvalue weighted by Gasteiger charge is -2.28. The van der Waals surface area contributed by atoms with Crippen LogP contribution in [0, 0.1) is 10.6 Å². The quantitative estimate of drug-likeness (QED) is 0.333. The van der Waals surface area contributed by atoms with E-state index in [1.165, 1.54) is 0 Å². The van der Waals surface area contributed by atoms with Crippen LogP contribution in [0.15, 0.2) is 40.1 Å². The van der Waals surface area contributed by atoms with Crippen LogP contribution in [0.1, 0.15) is 29.8 Å². The van der Waals surface area contributed by atoms with Crippen molar-refractivity contribution in [1.82, 2.24) is 5.16 Å². The fraction of sp³-hybridized carbons (Fsp3) is 0.286. The Labute approximate surface area is 125 Å². The molecule has 0 fully saturated rings. The van der Waals surface area contributed by atoms with Gasteiger partial charge < -0.3 is 20.9 Å². The van der Waals surface area contributed by atoms with E-state index in [-0.39, 0.29) is 47.0 Å². The molecule has 1 heterocycles. The third-order valence-electron chi connectivity index (χ3n) is 3.84. The minimum absolute atomic E-state index is 0.00207. The van der Waals surface area contributed by atoms with Gasteiger partial charge in [-0.1, -0.05) is 35.5 Å². The molecule has 114 valence electrons. The smallest absolute Gasteiger partial charge is 0.258 e. The van der Waals surface area contributed by atoms with Crippen molar-refractivity contribution in [1.29, 1.82) is 5.41 Å². The number of nitrogens with one attached hydrogen (secondary N) is 1. The number of aliphatic hydroxyl groups is 1. The minimum atomic E-state index is -1.82. The highest BCUT2D eigenvalue weighted by molar-refractivity contribution is 6.04. The third kappa shape index (κ3) is 2.13. The average Bonchev–Trinajstić information content (AvgIpc) is 2.91. The topological polar surface area (TPSA) is 130 Å². The Kier molecular flexibility index (Phi) is 3.38. The summed E-state index contributed by atoms with van der Waals surface area (Å²) in [6.45, 7) is 0. The van der Waals surface area contributed by atoms with E-state index in [9.17, 15) is 10.3 Å². The highest BCUT2D eigenvalue weighted by Crippen LogP contribution is 2.34. The zero-order valence-corrected chi connectivity index (χ0v) is 11.6. The molecule has 1 unspecified atom stereocenters. The van der Waals surface area contributed by atoms with E-state index in [4.69, 9.17) is 10.6 Å². The van der Waals surface area contributed by atoms with Crippen LogP contribution < -0.4 is 4.90 Å². The number of rotatable bonds is 3. The second-order valence-corrected chi connectivity index (χ2v) is 5.15. The van der Waals surface area contributed by atoms with Crippen LogP contribution in [0.2, 0.25) is 0 Å². The van der Waals surface area contributed by atoms with Gasteiger partial charge in [-0.15, -0.1) is 0 Å². The number of benzene rings is 1. The maximum absolute atomic E-state index is 11.5. The van der Waals surface area contributed by atoms with Gasteiger partial charge in [-0.25, -0.2) is 0 Å². The van der Waals surface area contributed by atoms with E-state index in [0.717, 1.165) is 0 Å². The van der Waals surface area contributed by atoms with Gasteiger partial charge in [-0.3, -0.25) is 4.63 Å². The molecule has 0 saturated carbocycles. The van der Waals surface area contributed by atoms with Gasteiger partial charge in [-0.05, 0) is 10.5 Å². The summed E-state index contributed by atoms with van der Waals surface area (Å²) in [6.07, 6.45) is 0.268. The fourth-order valence-electron chi connectivity index (χ4n) is 2.69. The molecule has 0 radical (unpaired) electrons. The lowest BCUT2D eigenvalue weighted by molar-refractivity contribution is -0.808. The summed E-state index contributed by atoms with van der Waals surface area (Å²) in [5.41, 5.74) is -0.807. The van der Waals surface area contributed by atoms with E-state index in [0.29, 0.717) is 5.56 Å². The molecule has 0 bridgehead atoms. The first-order valence-electron chi connectivity index (χ1n) is 6.72. The number of aromatic nitrogens is 2. The normalized spacial score (nSPS) is 22.5. The van der Waals surface area contributed by atoms with Crippen LogP contribution in [-0.2, 0) is 12.0 Å². The van der Waals surface area contributed by atoms with Crippen molar-refractivity contribution < 1.29 is 19.8 Å². The molecular weight excluding hydrogens is 288 g/mol. The van der Waals surface area contributed by atoms with Gasteiger partial charge in [0.1, 0.15) is 0 Å². The average molecular weight is 302 g/mol. The molecule has 1 aliphatic rings. The molecule has 0 amide bonds. The first-order valence-corrected chi connectivity index (χ1v) is 6.72. The zero-order valence-electron chi connectivity index (χ0n) is 11.6. The summed E-state index contributed by atoms with van der Waals surface area (Å²) in [7, 11) is 0. The van der Waals surface area contributed by atoms with Gasteiger partial charge in [0.25, 0.3) is 5.69 Å². The Morgan fingerprint density at radius 2 is 2.14 bits per heavy atom. The number of oxime groups is 1. The Morgan fingerprint density at radius 3 is 2.82 bits per heavy atom. The van der Waals surface area contributed by atoms with E-state index in [1.54, 1.807) is 24.3 Å². The van der Waals surface area contributed by atoms with E-state index in [1.807, 2.05) is 6.07 Å². The molecule has 3 N–H and O–H groups in total. The number of hydrogen-bond acceptors (Lipinski definition) is 7. The lowest BCUT2D eigenvalue weighted by atomic mass is 9.79. The molecule has 1 aromatic heterocycles. The Morgan fingerprint density at radius 1 is 1.41 bits per heavy atom. The van der Waals surface area contributed by atoms with Crippen LogP contribution in [0.25, 0.3) is 0 Å². The fourth-order valence-corrected chi connectivity index (χ4v) is 2.69. The lowest BCUT2D eigenvalue weighted by Crippen LogP contribution is -2.45. The number of fused-ring (bicyclic) bond motifs is 1. The van der Waals surface area contributed by atoms with Crippen molar-refractivity contribution in [2.45, 2.75) is 24.9 Å².